The zero-order valence-corrected chi connectivity index (χ0v) is 36.0. The number of carbonyl (C=O) groups excluding carboxylic acids is 3. The number of nitrogens with one attached hydrogen (secondary N) is 4. The summed E-state index contributed by atoms with van der Waals surface area (Å²) in [6.45, 7) is 0.443. The lowest BCUT2D eigenvalue weighted by atomic mass is 10.0. The van der Waals surface area contributed by atoms with Crippen LogP contribution < -0.4 is 38.9 Å². The van der Waals surface area contributed by atoms with E-state index in [4.69, 9.17) is 33.7 Å². The molecule has 3 aromatic rings. The van der Waals surface area contributed by atoms with Gasteiger partial charge in [-0.1, -0.05) is 23.7 Å². The van der Waals surface area contributed by atoms with Gasteiger partial charge in [0.25, 0.3) is 22.0 Å². The smallest absolute Gasteiger partial charge is 0.382 e. The molecule has 0 saturated carbocycles. The number of hydrogen-bond donors (Lipinski definition) is 6. The lowest BCUT2D eigenvalue weighted by Gasteiger charge is -2.24. The van der Waals surface area contributed by atoms with E-state index in [0.717, 1.165) is 27.6 Å². The molecule has 6 rings (SSSR count). The number of nitrogens with zero attached hydrogens (tertiary/aromatic N) is 3. The van der Waals surface area contributed by atoms with Crippen LogP contribution in [0.3, 0.4) is 0 Å². The second kappa shape index (κ2) is 21.3. The molecular formula is C38H41N8O17PS. The Morgan fingerprint density at radius 3 is 2.40 bits per heavy atom. The summed E-state index contributed by atoms with van der Waals surface area (Å²) < 4.78 is 48.7. The van der Waals surface area contributed by atoms with Crippen LogP contribution in [-0.2, 0) is 42.1 Å². The average Bonchev–Trinajstić information content (AvgIpc) is 3.89. The minimum Gasteiger partial charge on any atom is -0.382 e. The Morgan fingerprint density at radius 1 is 1.05 bits per heavy atom. The number of nitro groups is 1. The number of thioether (sulfide) groups is 1. The van der Waals surface area contributed by atoms with Crippen LogP contribution in [0.1, 0.15) is 67.0 Å². The van der Waals surface area contributed by atoms with E-state index in [2.05, 4.69) is 44.3 Å². The van der Waals surface area contributed by atoms with E-state index in [0.29, 0.717) is 11.8 Å². The third kappa shape index (κ3) is 12.4. The fourth-order valence-corrected chi connectivity index (χ4v) is 8.35. The summed E-state index contributed by atoms with van der Waals surface area (Å²) in [5.41, 5.74) is 1.44. The molecule has 0 spiro atoms. The predicted octanol–water partition coefficient (Wildman–Crippen LogP) is -0.636. The van der Waals surface area contributed by atoms with Crippen LogP contribution in [0.5, 0.6) is 0 Å². The number of ether oxygens (including phenoxy) is 4. The lowest BCUT2D eigenvalue weighted by Crippen LogP contribution is -2.42. The number of phosphoric acid groups is 1. The molecule has 0 aliphatic carbocycles. The summed E-state index contributed by atoms with van der Waals surface area (Å²) in [5.74, 6) is 9.95. The fourth-order valence-electron chi connectivity index (χ4n) is 6.76. The molecule has 5 heterocycles. The lowest BCUT2D eigenvalue weighted by molar-refractivity contribution is -0.386. The molecule has 3 unspecified atom stereocenters. The van der Waals surface area contributed by atoms with Crippen molar-refractivity contribution in [2.24, 2.45) is 5.73 Å². The highest BCUT2D eigenvalue weighted by Gasteiger charge is 2.43. The van der Waals surface area contributed by atoms with Crippen molar-refractivity contribution in [1.29, 1.82) is 0 Å². The number of nitrogens with two attached hydrogens (primary N) is 1. The topological polar surface area (TPSA) is 347 Å². The van der Waals surface area contributed by atoms with Crippen molar-refractivity contribution >= 4 is 41.5 Å². The number of rotatable bonds is 15. The molecule has 1 aromatic carbocycles. The number of methoxy groups -OCH3 is 1. The molecule has 3 aliphatic heterocycles. The molecular weight excluding hydrogens is 903 g/mol. The van der Waals surface area contributed by atoms with Crippen LogP contribution in [0, 0.1) is 33.8 Å². The third-order valence-electron chi connectivity index (χ3n) is 9.89. The third-order valence-corrected chi connectivity index (χ3v) is 11.7. The normalized spacial score (nSPS) is 23.0. The highest BCUT2D eigenvalue weighted by Crippen LogP contribution is 2.49. The van der Waals surface area contributed by atoms with Gasteiger partial charge in [0.15, 0.2) is 0 Å². The fraction of sp³-hybridized carbons (Fsp3) is 0.447. The Labute approximate surface area is 370 Å². The van der Waals surface area contributed by atoms with Gasteiger partial charge in [0, 0.05) is 49.3 Å². The second-order valence-electron chi connectivity index (χ2n) is 14.4. The summed E-state index contributed by atoms with van der Waals surface area (Å²) in [7, 11) is -3.51. The van der Waals surface area contributed by atoms with E-state index in [1.165, 1.54) is 26.2 Å². The molecule has 25 nitrogen and oxygen atoms in total. The standard InChI is InChI=1S/C38H41N8O17PS/c1-20(60-28-15-41-38(53)65-35(28)50)25-9-6-21(12-26(25)46(54)55)5-7-23-17-44(36(51)43-34(23)49)31-10-8-24(61-31)18-59-64(56,57)63-27-13-32(62-29(27)19-58-2)45-16-22(33(48)42-37(45)52)4-3-11-40-30(47)14-39/h6,9,12,16-17,20,24,27-29,31-32H,8,10-11,13-15,18-19,39H2,1-2H3,(H,40,47)(H,41,53)(H,56,57)(H,42,48,52)(H,43,49,51)/t20?,24-,27-,28?,29+,31+,32+/m0/s1. The number of benzene rings is 1. The van der Waals surface area contributed by atoms with Gasteiger partial charge in [-0.3, -0.25) is 62.2 Å². The molecule has 27 heteroatoms. The van der Waals surface area contributed by atoms with Gasteiger partial charge < -0.3 is 40.2 Å². The van der Waals surface area contributed by atoms with E-state index < -0.39 is 101 Å². The number of H-pyrrole nitrogens is 2. The minimum atomic E-state index is -4.86. The first-order valence-corrected chi connectivity index (χ1v) is 21.8. The van der Waals surface area contributed by atoms with Gasteiger partial charge in [-0.2, -0.15) is 0 Å². The average molecular weight is 945 g/mol. The number of aromatic nitrogens is 4. The monoisotopic (exact) mass is 944 g/mol. The zero-order valence-electron chi connectivity index (χ0n) is 34.3. The van der Waals surface area contributed by atoms with Gasteiger partial charge >= 0.3 is 19.2 Å². The summed E-state index contributed by atoms with van der Waals surface area (Å²) >= 11 is 0.442. The first-order valence-electron chi connectivity index (χ1n) is 19.5. The van der Waals surface area contributed by atoms with Gasteiger partial charge in [0.2, 0.25) is 11.0 Å². The summed E-state index contributed by atoms with van der Waals surface area (Å²) in [6.07, 6.45) is -4.43. The van der Waals surface area contributed by atoms with Crippen molar-refractivity contribution in [3.63, 3.8) is 0 Å². The maximum Gasteiger partial charge on any atom is 0.472 e. The molecule has 8 atom stereocenters. The number of hydrogen-bond acceptors (Lipinski definition) is 18. The Balaban J connectivity index is 1.08. The molecule has 65 heavy (non-hydrogen) atoms. The minimum absolute atomic E-state index is 0.0901. The van der Waals surface area contributed by atoms with Crippen LogP contribution in [0.25, 0.3) is 0 Å². The van der Waals surface area contributed by atoms with E-state index >= 15 is 0 Å². The molecule has 0 radical (unpaired) electrons. The van der Waals surface area contributed by atoms with Crippen molar-refractivity contribution in [3.8, 4) is 23.7 Å². The number of amides is 2. The van der Waals surface area contributed by atoms with Crippen molar-refractivity contribution in [2.45, 2.75) is 69.2 Å². The van der Waals surface area contributed by atoms with E-state index in [-0.39, 0.29) is 73.4 Å². The van der Waals surface area contributed by atoms with Crippen LogP contribution in [0.4, 0.5) is 10.5 Å². The van der Waals surface area contributed by atoms with Crippen molar-refractivity contribution in [1.82, 2.24) is 29.7 Å². The molecule has 3 aliphatic rings. The maximum atomic E-state index is 13.2. The Morgan fingerprint density at radius 2 is 1.74 bits per heavy atom. The molecule has 346 valence electrons. The largest absolute Gasteiger partial charge is 0.472 e. The SMILES string of the molecule is COC[C@H]1O[C@@H](n2cc(C#CCNC(=O)CN)c(=O)[nH]c2=O)C[C@@H]1OP(=O)(O)OC[C@@H]1CC[C@H](n2cc(C#Cc3ccc(C(C)OC4CNC(=O)SC4=O)c([N+](=O)[O-])c3)c(=O)[nH]c2=O)O1. The Hall–Kier alpha value is -6.03. The molecule has 7 N–H and O–H groups in total. The van der Waals surface area contributed by atoms with Gasteiger partial charge in [0.1, 0.15) is 41.9 Å². The van der Waals surface area contributed by atoms with Gasteiger partial charge in [-0.25, -0.2) is 14.2 Å². The van der Waals surface area contributed by atoms with E-state index in [9.17, 15) is 53.1 Å². The Kier molecular flexibility index (Phi) is 15.9. The number of phosphoric ester groups is 1. The molecule has 2 amide bonds. The quantitative estimate of drug-likeness (QED) is 0.0478. The summed E-state index contributed by atoms with van der Waals surface area (Å²) in [6, 6.07) is 3.99. The van der Waals surface area contributed by atoms with Crippen molar-refractivity contribution in [2.75, 3.05) is 40.0 Å². The van der Waals surface area contributed by atoms with E-state index in [1.807, 2.05) is 0 Å². The van der Waals surface area contributed by atoms with E-state index in [1.54, 1.807) is 0 Å². The molecule has 2 aromatic heterocycles. The second-order valence-corrected chi connectivity index (χ2v) is 16.7. The van der Waals surface area contributed by atoms with Crippen LogP contribution in [-0.4, -0.2) is 110 Å². The molecule has 3 saturated heterocycles. The van der Waals surface area contributed by atoms with Crippen LogP contribution in [0.15, 0.2) is 49.8 Å². The molecule has 0 bridgehead atoms. The number of carbonyl (C=O) groups is 3. The highest BCUT2D eigenvalue weighted by atomic mass is 32.2. The van der Waals surface area contributed by atoms with Gasteiger partial charge in [0.05, 0.1) is 55.5 Å². The first-order chi connectivity index (χ1) is 30.9. The van der Waals surface area contributed by atoms with Crippen molar-refractivity contribution in [3.05, 3.63) is 105 Å². The zero-order chi connectivity index (χ0) is 47.0. The first kappa shape index (κ1) is 48.4. The van der Waals surface area contributed by atoms with Crippen LogP contribution in [0.2, 0.25) is 0 Å². The predicted molar refractivity (Wildman–Crippen MR) is 224 cm³/mol. The summed E-state index contributed by atoms with van der Waals surface area (Å²) in [5, 5.41) is 15.8. The van der Waals surface area contributed by atoms with Gasteiger partial charge in [-0.15, -0.1) is 0 Å². The van der Waals surface area contributed by atoms with Gasteiger partial charge in [-0.05, 0) is 31.9 Å². The highest BCUT2D eigenvalue weighted by molar-refractivity contribution is 8.26. The van der Waals surface area contributed by atoms with Crippen molar-refractivity contribution < 1.29 is 56.8 Å². The Bertz CT molecular complexity index is 2770. The van der Waals surface area contributed by atoms with Crippen LogP contribution >= 0.6 is 19.6 Å². The number of nitro benzene ring substituents is 1. The maximum absolute atomic E-state index is 13.2. The molecule has 3 fully saturated rings. The summed E-state index contributed by atoms with van der Waals surface area (Å²) in [4.78, 5) is 112. The number of aromatic amines is 2.